The lowest BCUT2D eigenvalue weighted by Crippen LogP contribution is -2.06. The number of hydrogen-bond donors (Lipinski definition) is 1. The van der Waals surface area contributed by atoms with Gasteiger partial charge in [0.1, 0.15) is 11.3 Å². The van der Waals surface area contributed by atoms with E-state index in [9.17, 15) is 9.90 Å². The highest BCUT2D eigenvalue weighted by Gasteiger charge is 2.12. The Hall–Kier alpha value is -2.47. The molecule has 1 N–H and O–H groups in total. The van der Waals surface area contributed by atoms with Crippen LogP contribution >= 0.6 is 11.3 Å². The summed E-state index contributed by atoms with van der Waals surface area (Å²) in [5.74, 6) is -0.0341. The van der Waals surface area contributed by atoms with Crippen LogP contribution in [0.3, 0.4) is 0 Å². The topological polar surface area (TPSA) is 76.2 Å². The van der Waals surface area contributed by atoms with Crippen molar-refractivity contribution in [3.8, 4) is 0 Å². The van der Waals surface area contributed by atoms with E-state index in [1.54, 1.807) is 31.2 Å². The molecule has 2 heterocycles. The van der Waals surface area contributed by atoms with Crippen LogP contribution in [-0.2, 0) is 0 Å². The molecule has 0 bridgehead atoms. The number of aryl methyl sites for hydroxylation is 2. The summed E-state index contributed by atoms with van der Waals surface area (Å²) in [5, 5.41) is 11.0. The predicted octanol–water partition coefficient (Wildman–Crippen LogP) is 3.32. The summed E-state index contributed by atoms with van der Waals surface area (Å²) in [7, 11) is 0. The maximum absolute atomic E-state index is 11.9. The van der Waals surface area contributed by atoms with Gasteiger partial charge in [-0.2, -0.15) is 0 Å². The van der Waals surface area contributed by atoms with E-state index in [0.717, 1.165) is 10.7 Å². The molecule has 0 spiro atoms. The molecule has 5 nitrogen and oxygen atoms in total. The fourth-order valence-electron chi connectivity index (χ4n) is 2.02. The summed E-state index contributed by atoms with van der Waals surface area (Å²) in [5.41, 5.74) is 1.18. The number of thiazole rings is 1. The first kappa shape index (κ1) is 13.5. The van der Waals surface area contributed by atoms with Crippen LogP contribution in [-0.4, -0.2) is 15.1 Å². The van der Waals surface area contributed by atoms with Gasteiger partial charge in [0, 0.05) is 6.08 Å². The molecule has 0 fully saturated rings. The fraction of sp³-hybridized carbons (Fsp3) is 0.133. The third kappa shape index (κ3) is 2.57. The van der Waals surface area contributed by atoms with Crippen molar-refractivity contribution in [2.75, 3.05) is 0 Å². The summed E-state index contributed by atoms with van der Waals surface area (Å²) in [4.78, 5) is 21.0. The van der Waals surface area contributed by atoms with Crippen molar-refractivity contribution >= 4 is 34.3 Å². The summed E-state index contributed by atoms with van der Waals surface area (Å²) < 4.78 is 5.18. The zero-order valence-electron chi connectivity index (χ0n) is 11.5. The van der Waals surface area contributed by atoms with Crippen molar-refractivity contribution in [2.24, 2.45) is 0 Å². The highest BCUT2D eigenvalue weighted by molar-refractivity contribution is 7.12. The van der Waals surface area contributed by atoms with Crippen molar-refractivity contribution in [1.29, 1.82) is 0 Å². The average molecular weight is 300 g/mol. The van der Waals surface area contributed by atoms with Crippen molar-refractivity contribution in [3.05, 3.63) is 56.0 Å². The number of hydrogen-bond acceptors (Lipinski definition) is 6. The van der Waals surface area contributed by atoms with Gasteiger partial charge >= 0.3 is 5.63 Å². The van der Waals surface area contributed by atoms with Crippen LogP contribution in [0.5, 0.6) is 0 Å². The van der Waals surface area contributed by atoms with Crippen molar-refractivity contribution < 1.29 is 9.52 Å². The molecule has 1 aromatic carbocycles. The second-order valence-electron chi connectivity index (χ2n) is 4.53. The van der Waals surface area contributed by atoms with Crippen LogP contribution in [0.4, 0.5) is 0 Å². The lowest BCUT2D eigenvalue weighted by molar-refractivity contribution is 0.515. The van der Waals surface area contributed by atoms with Crippen molar-refractivity contribution in [3.63, 3.8) is 0 Å². The summed E-state index contributed by atoms with van der Waals surface area (Å²) in [6.45, 7) is 3.66. The Morgan fingerprint density at radius 2 is 2.05 bits per heavy atom. The Bertz CT molecular complexity index is 909. The average Bonchev–Trinajstić information content (AvgIpc) is 2.78. The number of rotatable bonds is 2. The number of aliphatic hydroxyl groups is 1. The molecule has 2 aromatic heterocycles. The molecule has 3 rings (SSSR count). The number of aliphatic hydroxyl groups excluding tert-OH is 1. The SMILES string of the molecule is Cc1nc(C)c(C(O)=Cc2nc3ccccc3oc2=O)s1. The molecular formula is C15H12N2O3S. The lowest BCUT2D eigenvalue weighted by atomic mass is 10.2. The Morgan fingerprint density at radius 1 is 1.29 bits per heavy atom. The zero-order valence-corrected chi connectivity index (χ0v) is 12.3. The molecule has 0 aliphatic carbocycles. The maximum Gasteiger partial charge on any atom is 0.362 e. The van der Waals surface area contributed by atoms with Crippen molar-refractivity contribution in [1.82, 2.24) is 9.97 Å². The minimum atomic E-state index is -0.584. The Morgan fingerprint density at radius 3 is 2.76 bits per heavy atom. The minimum absolute atomic E-state index is 0.0341. The first-order valence-corrected chi connectivity index (χ1v) is 7.11. The minimum Gasteiger partial charge on any atom is -0.506 e. The molecule has 0 saturated heterocycles. The van der Waals surface area contributed by atoms with Gasteiger partial charge in [-0.25, -0.2) is 14.8 Å². The molecule has 6 heteroatoms. The third-order valence-corrected chi connectivity index (χ3v) is 4.02. The first-order valence-electron chi connectivity index (χ1n) is 6.29. The first-order chi connectivity index (χ1) is 10.0. The van der Waals surface area contributed by atoms with Gasteiger partial charge in [0.25, 0.3) is 0 Å². The van der Waals surface area contributed by atoms with Crippen LogP contribution < -0.4 is 5.63 Å². The smallest absolute Gasteiger partial charge is 0.362 e. The largest absolute Gasteiger partial charge is 0.506 e. The molecule has 21 heavy (non-hydrogen) atoms. The monoisotopic (exact) mass is 300 g/mol. The third-order valence-electron chi connectivity index (χ3n) is 2.93. The van der Waals surface area contributed by atoms with Gasteiger partial charge in [0.15, 0.2) is 11.3 Å². The molecule has 0 saturated carbocycles. The van der Waals surface area contributed by atoms with E-state index in [-0.39, 0.29) is 11.5 Å². The predicted molar refractivity (Wildman–Crippen MR) is 82.4 cm³/mol. The summed E-state index contributed by atoms with van der Waals surface area (Å²) >= 11 is 1.36. The van der Waals surface area contributed by atoms with Gasteiger partial charge in [-0.05, 0) is 26.0 Å². The number of fused-ring (bicyclic) bond motifs is 1. The highest BCUT2D eigenvalue weighted by Crippen LogP contribution is 2.25. The van der Waals surface area contributed by atoms with E-state index >= 15 is 0 Å². The number of nitrogens with zero attached hydrogens (tertiary/aromatic N) is 2. The van der Waals surface area contributed by atoms with Gasteiger partial charge < -0.3 is 9.52 Å². The standard InChI is InChI=1S/C15H12N2O3S/c1-8-14(21-9(2)16-8)12(18)7-11-15(19)20-13-6-4-3-5-10(13)17-11/h3-7,18H,1-2H3. The number of aromatic nitrogens is 2. The molecule has 3 aromatic rings. The second kappa shape index (κ2) is 5.14. The van der Waals surface area contributed by atoms with Gasteiger partial charge in [-0.3, -0.25) is 0 Å². The molecule has 0 atom stereocenters. The Kier molecular flexibility index (Phi) is 3.31. The Labute approximate surface area is 124 Å². The molecule has 0 aliphatic rings. The quantitative estimate of drug-likeness (QED) is 0.735. The molecule has 106 valence electrons. The summed E-state index contributed by atoms with van der Waals surface area (Å²) in [6, 6.07) is 6.99. The lowest BCUT2D eigenvalue weighted by Gasteiger charge is -1.99. The molecule has 0 radical (unpaired) electrons. The summed E-state index contributed by atoms with van der Waals surface area (Å²) in [6.07, 6.45) is 1.32. The highest BCUT2D eigenvalue weighted by atomic mass is 32.1. The van der Waals surface area contributed by atoms with E-state index < -0.39 is 5.63 Å². The molecular weight excluding hydrogens is 288 g/mol. The van der Waals surface area contributed by atoms with E-state index in [1.165, 1.54) is 17.4 Å². The number of para-hydroxylation sites is 2. The van der Waals surface area contributed by atoms with Crippen LogP contribution in [0.15, 0.2) is 33.5 Å². The van der Waals surface area contributed by atoms with Crippen molar-refractivity contribution in [2.45, 2.75) is 13.8 Å². The van der Waals surface area contributed by atoms with E-state index in [4.69, 9.17) is 4.42 Å². The van der Waals surface area contributed by atoms with Crippen LogP contribution in [0, 0.1) is 13.8 Å². The van der Waals surface area contributed by atoms with E-state index in [0.29, 0.717) is 16.0 Å². The van der Waals surface area contributed by atoms with E-state index in [2.05, 4.69) is 9.97 Å². The number of benzene rings is 1. The Balaban J connectivity index is 2.12. The van der Waals surface area contributed by atoms with Crippen LogP contribution in [0.1, 0.15) is 21.3 Å². The second-order valence-corrected chi connectivity index (χ2v) is 5.73. The van der Waals surface area contributed by atoms with Crippen LogP contribution in [0.25, 0.3) is 22.9 Å². The van der Waals surface area contributed by atoms with Gasteiger partial charge in [0.2, 0.25) is 0 Å². The van der Waals surface area contributed by atoms with Gasteiger partial charge in [-0.15, -0.1) is 11.3 Å². The fourth-order valence-corrected chi connectivity index (χ4v) is 2.85. The molecule has 0 unspecified atom stereocenters. The normalized spacial score (nSPS) is 12.0. The molecule has 0 aliphatic heterocycles. The van der Waals surface area contributed by atoms with Crippen LogP contribution in [0.2, 0.25) is 0 Å². The van der Waals surface area contributed by atoms with Gasteiger partial charge in [-0.1, -0.05) is 12.1 Å². The zero-order chi connectivity index (χ0) is 15.0. The van der Waals surface area contributed by atoms with Gasteiger partial charge in [0.05, 0.1) is 15.6 Å². The maximum atomic E-state index is 11.9. The molecule has 0 amide bonds. The van der Waals surface area contributed by atoms with E-state index in [1.807, 2.05) is 6.92 Å².